The minimum absolute atomic E-state index is 0.0376. The lowest BCUT2D eigenvalue weighted by atomic mass is 10.5. The lowest BCUT2D eigenvalue weighted by molar-refractivity contribution is 0.822. The molecule has 2 aromatic rings. The first-order valence-corrected chi connectivity index (χ1v) is 4.32. The van der Waals surface area contributed by atoms with E-state index >= 15 is 0 Å². The lowest BCUT2D eigenvalue weighted by Crippen LogP contribution is -2.12. The van der Waals surface area contributed by atoms with Crippen LogP contribution in [0, 0.1) is 6.92 Å². The SMILES string of the molecule is Cc1ccn(-c2nc[nH]c(=O)c2Cl)n1. The lowest BCUT2D eigenvalue weighted by Gasteiger charge is -2.00. The Hall–Kier alpha value is -1.62. The van der Waals surface area contributed by atoms with Gasteiger partial charge in [-0.15, -0.1) is 0 Å². The number of nitrogens with one attached hydrogen (secondary N) is 1. The number of rotatable bonds is 1. The topological polar surface area (TPSA) is 63.6 Å². The molecule has 6 heteroatoms. The molecule has 0 saturated heterocycles. The van der Waals surface area contributed by atoms with Crippen LogP contribution >= 0.6 is 11.6 Å². The Balaban J connectivity index is 2.63. The molecule has 5 nitrogen and oxygen atoms in total. The molecule has 0 unspecified atom stereocenters. The molecule has 2 aromatic heterocycles. The Morgan fingerprint density at radius 1 is 1.57 bits per heavy atom. The van der Waals surface area contributed by atoms with Crippen LogP contribution in [0.25, 0.3) is 5.82 Å². The summed E-state index contributed by atoms with van der Waals surface area (Å²) in [5.74, 6) is 0.337. The zero-order valence-corrected chi connectivity index (χ0v) is 8.12. The molecule has 0 aliphatic heterocycles. The van der Waals surface area contributed by atoms with Crippen molar-refractivity contribution in [3.8, 4) is 5.82 Å². The van der Waals surface area contributed by atoms with E-state index in [1.165, 1.54) is 11.0 Å². The quantitative estimate of drug-likeness (QED) is 0.761. The normalized spacial score (nSPS) is 10.4. The summed E-state index contributed by atoms with van der Waals surface area (Å²) in [6.45, 7) is 1.84. The third-order valence-electron chi connectivity index (χ3n) is 1.72. The van der Waals surface area contributed by atoms with Crippen LogP contribution in [0.1, 0.15) is 5.69 Å². The van der Waals surface area contributed by atoms with E-state index in [1.807, 2.05) is 6.92 Å². The number of hydrogen-bond donors (Lipinski definition) is 1. The minimum Gasteiger partial charge on any atom is -0.312 e. The van der Waals surface area contributed by atoms with Gasteiger partial charge in [0.1, 0.15) is 0 Å². The van der Waals surface area contributed by atoms with Gasteiger partial charge >= 0.3 is 0 Å². The zero-order valence-electron chi connectivity index (χ0n) is 7.36. The number of aromatic amines is 1. The third-order valence-corrected chi connectivity index (χ3v) is 2.06. The molecule has 0 aromatic carbocycles. The van der Waals surface area contributed by atoms with Crippen LogP contribution in [0.15, 0.2) is 23.4 Å². The Bertz CT molecular complexity index is 516. The van der Waals surface area contributed by atoms with Crippen LogP contribution in [-0.4, -0.2) is 19.7 Å². The van der Waals surface area contributed by atoms with Gasteiger partial charge < -0.3 is 4.98 Å². The number of hydrogen-bond acceptors (Lipinski definition) is 3. The van der Waals surface area contributed by atoms with Gasteiger partial charge in [-0.05, 0) is 13.0 Å². The Kier molecular flexibility index (Phi) is 2.09. The molecule has 1 N–H and O–H groups in total. The molecule has 0 aliphatic rings. The van der Waals surface area contributed by atoms with E-state index in [2.05, 4.69) is 15.1 Å². The molecule has 0 atom stereocenters. The number of aromatic nitrogens is 4. The summed E-state index contributed by atoms with van der Waals surface area (Å²) >= 11 is 5.77. The maximum absolute atomic E-state index is 11.2. The van der Waals surface area contributed by atoms with E-state index in [0.29, 0.717) is 5.82 Å². The van der Waals surface area contributed by atoms with Gasteiger partial charge in [-0.3, -0.25) is 4.79 Å². The minimum atomic E-state index is -0.371. The van der Waals surface area contributed by atoms with E-state index in [9.17, 15) is 4.79 Å². The summed E-state index contributed by atoms with van der Waals surface area (Å²) in [6.07, 6.45) is 2.99. The van der Waals surface area contributed by atoms with Gasteiger partial charge in [-0.2, -0.15) is 5.10 Å². The van der Waals surface area contributed by atoms with Gasteiger partial charge in [-0.25, -0.2) is 9.67 Å². The van der Waals surface area contributed by atoms with Gasteiger partial charge in [-0.1, -0.05) is 11.6 Å². The molecule has 0 aliphatic carbocycles. The second kappa shape index (κ2) is 3.26. The molecule has 72 valence electrons. The van der Waals surface area contributed by atoms with E-state index in [0.717, 1.165) is 5.69 Å². The highest BCUT2D eigenvalue weighted by Gasteiger charge is 2.07. The molecule has 14 heavy (non-hydrogen) atoms. The average Bonchev–Trinajstić information content (AvgIpc) is 2.57. The molecule has 2 rings (SSSR count). The van der Waals surface area contributed by atoms with Crippen molar-refractivity contribution in [1.82, 2.24) is 19.7 Å². The highest BCUT2D eigenvalue weighted by Crippen LogP contribution is 2.11. The zero-order chi connectivity index (χ0) is 10.1. The van der Waals surface area contributed by atoms with Gasteiger partial charge in [0.2, 0.25) is 0 Å². The van der Waals surface area contributed by atoms with Crippen molar-refractivity contribution in [2.45, 2.75) is 6.92 Å². The first-order chi connectivity index (χ1) is 6.68. The van der Waals surface area contributed by atoms with Crippen molar-refractivity contribution >= 4 is 11.6 Å². The number of aryl methyl sites for hydroxylation is 1. The monoisotopic (exact) mass is 210 g/mol. The maximum atomic E-state index is 11.2. The highest BCUT2D eigenvalue weighted by atomic mass is 35.5. The molecule has 0 fully saturated rings. The smallest absolute Gasteiger partial charge is 0.271 e. The summed E-state index contributed by atoms with van der Waals surface area (Å²) in [5, 5.41) is 4.14. The third kappa shape index (κ3) is 1.42. The fourth-order valence-electron chi connectivity index (χ4n) is 1.07. The van der Waals surface area contributed by atoms with E-state index in [1.54, 1.807) is 12.3 Å². The van der Waals surface area contributed by atoms with Gasteiger partial charge in [0.15, 0.2) is 10.8 Å². The van der Waals surface area contributed by atoms with Crippen molar-refractivity contribution in [3.63, 3.8) is 0 Å². The number of H-pyrrole nitrogens is 1. The standard InChI is InChI=1S/C8H7ClN4O/c1-5-2-3-13(12-5)7-6(9)8(14)11-4-10-7/h2-4H,1H3,(H,10,11,14). The summed E-state index contributed by atoms with van der Waals surface area (Å²) in [6, 6.07) is 1.80. The van der Waals surface area contributed by atoms with Crippen molar-refractivity contribution < 1.29 is 0 Å². The maximum Gasteiger partial charge on any atom is 0.271 e. The molecule has 2 heterocycles. The molecule has 0 radical (unpaired) electrons. The summed E-state index contributed by atoms with van der Waals surface area (Å²) < 4.78 is 1.47. The van der Waals surface area contributed by atoms with Crippen molar-refractivity contribution in [1.29, 1.82) is 0 Å². The first-order valence-electron chi connectivity index (χ1n) is 3.94. The van der Waals surface area contributed by atoms with E-state index in [4.69, 9.17) is 11.6 Å². The van der Waals surface area contributed by atoms with Crippen LogP contribution < -0.4 is 5.56 Å². The molecular weight excluding hydrogens is 204 g/mol. The highest BCUT2D eigenvalue weighted by molar-refractivity contribution is 6.31. The Morgan fingerprint density at radius 2 is 2.36 bits per heavy atom. The van der Waals surface area contributed by atoms with Crippen LogP contribution in [0.5, 0.6) is 0 Å². The second-order valence-electron chi connectivity index (χ2n) is 2.77. The van der Waals surface area contributed by atoms with Crippen LogP contribution in [0.3, 0.4) is 0 Å². The Labute approximate surface area is 84.4 Å². The van der Waals surface area contributed by atoms with Crippen LogP contribution in [-0.2, 0) is 0 Å². The summed E-state index contributed by atoms with van der Waals surface area (Å²) in [4.78, 5) is 17.5. The summed E-state index contributed by atoms with van der Waals surface area (Å²) in [7, 11) is 0. The Morgan fingerprint density at radius 3 is 3.00 bits per heavy atom. The van der Waals surface area contributed by atoms with E-state index in [-0.39, 0.29) is 10.6 Å². The van der Waals surface area contributed by atoms with Crippen molar-refractivity contribution in [2.24, 2.45) is 0 Å². The molecule has 0 amide bonds. The first kappa shape index (κ1) is 8.96. The molecule has 0 saturated carbocycles. The predicted octanol–water partition coefficient (Wildman–Crippen LogP) is 0.917. The van der Waals surface area contributed by atoms with Crippen molar-refractivity contribution in [2.75, 3.05) is 0 Å². The second-order valence-corrected chi connectivity index (χ2v) is 3.15. The number of halogens is 1. The molecule has 0 bridgehead atoms. The largest absolute Gasteiger partial charge is 0.312 e. The molecular formula is C8H7ClN4O. The van der Waals surface area contributed by atoms with Gasteiger partial charge in [0.05, 0.1) is 12.0 Å². The van der Waals surface area contributed by atoms with Gasteiger partial charge in [0, 0.05) is 6.20 Å². The average molecular weight is 211 g/mol. The fraction of sp³-hybridized carbons (Fsp3) is 0.125. The van der Waals surface area contributed by atoms with Crippen LogP contribution in [0.2, 0.25) is 5.02 Å². The fourth-order valence-corrected chi connectivity index (χ4v) is 1.26. The summed E-state index contributed by atoms with van der Waals surface area (Å²) in [5.41, 5.74) is 0.466. The molecule has 0 spiro atoms. The van der Waals surface area contributed by atoms with Gasteiger partial charge in [0.25, 0.3) is 5.56 Å². The van der Waals surface area contributed by atoms with Crippen LogP contribution in [0.4, 0.5) is 0 Å². The van der Waals surface area contributed by atoms with Crippen molar-refractivity contribution in [3.05, 3.63) is 39.7 Å². The number of nitrogens with zero attached hydrogens (tertiary/aromatic N) is 3. The predicted molar refractivity (Wildman–Crippen MR) is 51.7 cm³/mol. The van der Waals surface area contributed by atoms with E-state index < -0.39 is 0 Å².